The maximum Gasteiger partial charge on any atom is 0.213 e. The predicted molar refractivity (Wildman–Crippen MR) is 112 cm³/mol. The Kier molecular flexibility index (Phi) is 4.39. The summed E-state index contributed by atoms with van der Waals surface area (Å²) in [4.78, 5) is 4.11. The summed E-state index contributed by atoms with van der Waals surface area (Å²) in [6, 6.07) is 15.1. The number of fused-ring (bicyclic) bond motifs is 3. The highest BCUT2D eigenvalue weighted by molar-refractivity contribution is 9.10. The average molecular weight is 452 g/mol. The summed E-state index contributed by atoms with van der Waals surface area (Å²) in [5.41, 5.74) is 3.50. The number of methoxy groups -OCH3 is 1. The van der Waals surface area contributed by atoms with Crippen LogP contribution in [0.5, 0.6) is 17.2 Å². The number of hydrogen-bond donors (Lipinski definition) is 1. The van der Waals surface area contributed by atoms with Crippen molar-refractivity contribution in [2.75, 3.05) is 7.11 Å². The van der Waals surface area contributed by atoms with Gasteiger partial charge in [0.15, 0.2) is 0 Å². The first-order valence-electron chi connectivity index (χ1n) is 9.23. The van der Waals surface area contributed by atoms with Gasteiger partial charge in [0.1, 0.15) is 17.2 Å². The Hall–Kier alpha value is -3.06. The van der Waals surface area contributed by atoms with E-state index in [-0.39, 0.29) is 18.0 Å². The fourth-order valence-corrected chi connectivity index (χ4v) is 4.22. The molecule has 0 fully saturated rings. The molecule has 0 spiro atoms. The Balaban J connectivity index is 1.62. The van der Waals surface area contributed by atoms with E-state index < -0.39 is 0 Å². The number of hydrogen-bond acceptors (Lipinski definition) is 6. The van der Waals surface area contributed by atoms with Gasteiger partial charge in [0.05, 0.1) is 18.9 Å². The molecule has 5 rings (SSSR count). The van der Waals surface area contributed by atoms with Crippen LogP contribution in [0.3, 0.4) is 0 Å². The van der Waals surface area contributed by atoms with Gasteiger partial charge in [-0.15, -0.1) is 0 Å². The van der Waals surface area contributed by atoms with Crippen molar-refractivity contribution >= 4 is 21.6 Å². The molecular weight excluding hydrogens is 434 g/mol. The quantitative estimate of drug-likeness (QED) is 0.619. The second-order valence-electron chi connectivity index (χ2n) is 6.96. The van der Waals surface area contributed by atoms with Crippen LogP contribution in [-0.2, 0) is 0 Å². The standard InChI is InChI=1S/C22H18BrN3O3/c1-28-15-3-4-20(27)16(11-15)18-12-19-17-10-14(23)2-5-21(17)29-22(26(19)25-18)13-6-8-24-9-7-13/h2-11,19,22,27H,12H2,1H3/t19-,22+/m0/s1. The van der Waals surface area contributed by atoms with Gasteiger partial charge in [-0.05, 0) is 48.5 Å². The lowest BCUT2D eigenvalue weighted by Gasteiger charge is -2.38. The largest absolute Gasteiger partial charge is 0.507 e. The fourth-order valence-electron chi connectivity index (χ4n) is 3.84. The van der Waals surface area contributed by atoms with E-state index in [1.165, 1.54) is 0 Å². The number of hydrazone groups is 1. The maximum absolute atomic E-state index is 10.4. The van der Waals surface area contributed by atoms with Crippen LogP contribution in [0.4, 0.5) is 0 Å². The number of nitrogens with zero attached hydrogens (tertiary/aromatic N) is 3. The van der Waals surface area contributed by atoms with Gasteiger partial charge in [-0.3, -0.25) is 4.98 Å². The number of aromatic nitrogens is 1. The van der Waals surface area contributed by atoms with Crippen molar-refractivity contribution in [3.05, 3.63) is 82.1 Å². The molecule has 3 heterocycles. The zero-order valence-corrected chi connectivity index (χ0v) is 17.2. The van der Waals surface area contributed by atoms with Gasteiger partial charge in [-0.25, -0.2) is 5.01 Å². The molecule has 1 N–H and O–H groups in total. The molecule has 7 heteroatoms. The molecular formula is C22H18BrN3O3. The molecule has 2 aliphatic heterocycles. The summed E-state index contributed by atoms with van der Waals surface area (Å²) >= 11 is 3.56. The first-order chi connectivity index (χ1) is 14.1. The number of benzene rings is 2. The molecule has 2 aromatic carbocycles. The second-order valence-corrected chi connectivity index (χ2v) is 7.88. The first kappa shape index (κ1) is 18.0. The van der Waals surface area contributed by atoms with Gasteiger partial charge in [0.25, 0.3) is 0 Å². The summed E-state index contributed by atoms with van der Waals surface area (Å²) in [5, 5.41) is 17.3. The van der Waals surface area contributed by atoms with Crippen molar-refractivity contribution in [1.29, 1.82) is 0 Å². The van der Waals surface area contributed by atoms with Crippen LogP contribution in [0.15, 0.2) is 70.5 Å². The SMILES string of the molecule is COc1ccc(O)c(C2=NN3[C@@H](c4ccncc4)Oc4ccc(Br)cc4[C@@H]3C2)c1. The van der Waals surface area contributed by atoms with Gasteiger partial charge < -0.3 is 14.6 Å². The molecule has 0 amide bonds. The van der Waals surface area contributed by atoms with E-state index in [4.69, 9.17) is 14.6 Å². The summed E-state index contributed by atoms with van der Waals surface area (Å²) in [7, 11) is 1.61. The van der Waals surface area contributed by atoms with Gasteiger partial charge in [0.2, 0.25) is 6.23 Å². The minimum atomic E-state index is -0.373. The number of aromatic hydroxyl groups is 1. The smallest absolute Gasteiger partial charge is 0.213 e. The lowest BCUT2D eigenvalue weighted by atomic mass is 9.95. The fraction of sp³-hybridized carbons (Fsp3) is 0.182. The maximum atomic E-state index is 10.4. The minimum Gasteiger partial charge on any atom is -0.507 e. The van der Waals surface area contributed by atoms with Crippen molar-refractivity contribution in [1.82, 2.24) is 9.99 Å². The van der Waals surface area contributed by atoms with Crippen molar-refractivity contribution < 1.29 is 14.6 Å². The summed E-state index contributed by atoms with van der Waals surface area (Å²) < 4.78 is 12.6. The molecule has 3 aromatic rings. The Morgan fingerprint density at radius 1 is 1.14 bits per heavy atom. The summed E-state index contributed by atoms with van der Waals surface area (Å²) in [6.07, 6.45) is 3.77. The number of phenols is 1. The number of phenolic OH excluding ortho intramolecular Hbond substituents is 1. The Bertz CT molecular complexity index is 1100. The number of pyridine rings is 1. The third-order valence-electron chi connectivity index (χ3n) is 5.26. The van der Waals surface area contributed by atoms with Crippen LogP contribution in [-0.4, -0.2) is 27.9 Å². The van der Waals surface area contributed by atoms with Crippen LogP contribution in [0.1, 0.15) is 35.4 Å². The van der Waals surface area contributed by atoms with E-state index in [1.807, 2.05) is 35.3 Å². The van der Waals surface area contributed by atoms with Crippen molar-refractivity contribution in [3.63, 3.8) is 0 Å². The van der Waals surface area contributed by atoms with Gasteiger partial charge in [-0.2, -0.15) is 5.10 Å². The Morgan fingerprint density at radius 2 is 1.97 bits per heavy atom. The van der Waals surface area contributed by atoms with Crippen molar-refractivity contribution in [2.45, 2.75) is 18.7 Å². The van der Waals surface area contributed by atoms with Gasteiger partial charge in [0, 0.05) is 40.0 Å². The van der Waals surface area contributed by atoms with E-state index in [2.05, 4.69) is 27.0 Å². The van der Waals surface area contributed by atoms with Gasteiger partial charge >= 0.3 is 0 Å². The molecule has 6 nitrogen and oxygen atoms in total. The second kappa shape index (κ2) is 7.08. The minimum absolute atomic E-state index is 0.00461. The molecule has 0 saturated heterocycles. The third-order valence-corrected chi connectivity index (χ3v) is 5.75. The molecule has 2 atom stereocenters. The normalized spacial score (nSPS) is 19.8. The molecule has 2 aliphatic rings. The molecule has 0 unspecified atom stereocenters. The molecule has 0 saturated carbocycles. The van der Waals surface area contributed by atoms with Crippen molar-refractivity contribution in [3.8, 4) is 17.2 Å². The van der Waals surface area contributed by atoms with Crippen LogP contribution in [0.2, 0.25) is 0 Å². The van der Waals surface area contributed by atoms with E-state index in [0.29, 0.717) is 17.7 Å². The van der Waals surface area contributed by atoms with Gasteiger partial charge in [-0.1, -0.05) is 15.9 Å². The van der Waals surface area contributed by atoms with E-state index >= 15 is 0 Å². The molecule has 0 radical (unpaired) electrons. The van der Waals surface area contributed by atoms with Crippen LogP contribution in [0.25, 0.3) is 0 Å². The number of rotatable bonds is 3. The van der Waals surface area contributed by atoms with Crippen molar-refractivity contribution in [2.24, 2.45) is 5.10 Å². The highest BCUT2D eigenvalue weighted by Crippen LogP contribution is 2.48. The zero-order chi connectivity index (χ0) is 20.0. The number of ether oxygens (including phenoxy) is 2. The van der Waals surface area contributed by atoms with E-state index in [0.717, 1.165) is 27.1 Å². The lowest BCUT2D eigenvalue weighted by molar-refractivity contribution is -0.0191. The first-order valence-corrected chi connectivity index (χ1v) is 10.0. The highest BCUT2D eigenvalue weighted by Gasteiger charge is 2.41. The number of halogens is 1. The monoisotopic (exact) mass is 451 g/mol. The third kappa shape index (κ3) is 3.11. The lowest BCUT2D eigenvalue weighted by Crippen LogP contribution is -2.33. The predicted octanol–water partition coefficient (Wildman–Crippen LogP) is 4.80. The van der Waals surface area contributed by atoms with Crippen LogP contribution >= 0.6 is 15.9 Å². The van der Waals surface area contributed by atoms with E-state index in [1.54, 1.807) is 31.6 Å². The average Bonchev–Trinajstić information content (AvgIpc) is 3.20. The highest BCUT2D eigenvalue weighted by atomic mass is 79.9. The topological polar surface area (TPSA) is 67.2 Å². The molecule has 1 aromatic heterocycles. The Morgan fingerprint density at radius 3 is 2.76 bits per heavy atom. The summed E-state index contributed by atoms with van der Waals surface area (Å²) in [5.74, 6) is 1.69. The van der Waals surface area contributed by atoms with Crippen LogP contribution < -0.4 is 9.47 Å². The molecule has 0 aliphatic carbocycles. The van der Waals surface area contributed by atoms with Crippen LogP contribution in [0, 0.1) is 0 Å². The Labute approximate surface area is 176 Å². The molecule has 29 heavy (non-hydrogen) atoms. The molecule has 0 bridgehead atoms. The van der Waals surface area contributed by atoms with E-state index in [9.17, 15) is 5.11 Å². The molecule has 146 valence electrons. The zero-order valence-electron chi connectivity index (χ0n) is 15.6. The summed E-state index contributed by atoms with van der Waals surface area (Å²) in [6.45, 7) is 0.